The molecule has 1 saturated carbocycles. The van der Waals surface area contributed by atoms with Gasteiger partial charge in [0, 0.05) is 30.8 Å². The van der Waals surface area contributed by atoms with Gasteiger partial charge in [-0.25, -0.2) is 0 Å². The second-order valence-corrected chi connectivity index (χ2v) is 7.61. The van der Waals surface area contributed by atoms with Crippen molar-refractivity contribution in [3.05, 3.63) is 35.9 Å². The molecule has 3 rings (SSSR count). The average Bonchev–Trinajstić information content (AvgIpc) is 3.10. The van der Waals surface area contributed by atoms with Crippen molar-refractivity contribution >= 4 is 16.1 Å². The summed E-state index contributed by atoms with van der Waals surface area (Å²) in [5.74, 6) is -1.03. The smallest absolute Gasteiger partial charge is 0.302 e. The average molecular weight is 311 g/mol. The maximum absolute atomic E-state index is 12.8. The van der Waals surface area contributed by atoms with Gasteiger partial charge >= 0.3 is 10.2 Å². The van der Waals surface area contributed by atoms with Crippen LogP contribution in [0.2, 0.25) is 0 Å². The van der Waals surface area contributed by atoms with Gasteiger partial charge in [-0.2, -0.15) is 8.42 Å². The molecule has 2 aliphatic rings. The molecule has 0 radical (unpaired) electrons. The van der Waals surface area contributed by atoms with E-state index >= 15 is 0 Å². The van der Waals surface area contributed by atoms with E-state index < -0.39 is 21.9 Å². The minimum Gasteiger partial charge on any atom is -0.341 e. The number of hydrogen-bond acceptors (Lipinski definition) is 3. The van der Waals surface area contributed by atoms with Gasteiger partial charge in [-0.15, -0.1) is 3.89 Å². The fourth-order valence-corrected chi connectivity index (χ4v) is 4.03. The molecule has 1 unspecified atom stereocenters. The van der Waals surface area contributed by atoms with Crippen LogP contribution in [0.1, 0.15) is 24.8 Å². The molecule has 2 fully saturated rings. The van der Waals surface area contributed by atoms with E-state index in [9.17, 15) is 17.1 Å². The zero-order valence-electron chi connectivity index (χ0n) is 11.7. The van der Waals surface area contributed by atoms with Crippen LogP contribution >= 0.6 is 0 Å². The van der Waals surface area contributed by atoms with Gasteiger partial charge in [-0.05, 0) is 18.4 Å². The van der Waals surface area contributed by atoms with Gasteiger partial charge < -0.3 is 4.90 Å². The highest BCUT2D eigenvalue weighted by Crippen LogP contribution is 2.49. The Bertz CT molecular complexity index is 640. The number of nitrogens with zero attached hydrogens (tertiary/aromatic N) is 1. The third kappa shape index (κ3) is 3.26. The highest BCUT2D eigenvalue weighted by atomic mass is 32.3. The second-order valence-electron chi connectivity index (χ2n) is 6.20. The van der Waals surface area contributed by atoms with Crippen molar-refractivity contribution < 1.29 is 17.1 Å². The van der Waals surface area contributed by atoms with Crippen molar-refractivity contribution in [1.82, 2.24) is 4.90 Å². The summed E-state index contributed by atoms with van der Waals surface area (Å²) in [6.45, 7) is 0.954. The fourth-order valence-electron chi connectivity index (χ4n) is 3.25. The van der Waals surface area contributed by atoms with E-state index in [2.05, 4.69) is 12.1 Å². The number of hydrogen-bond donors (Lipinski definition) is 0. The largest absolute Gasteiger partial charge is 0.341 e. The molecule has 114 valence electrons. The summed E-state index contributed by atoms with van der Waals surface area (Å²) in [7, 11) is -4.51. The Morgan fingerprint density at radius 2 is 1.90 bits per heavy atom. The van der Waals surface area contributed by atoms with Crippen molar-refractivity contribution in [2.24, 2.45) is 5.92 Å². The van der Waals surface area contributed by atoms with Gasteiger partial charge in [0.05, 0.1) is 5.75 Å². The van der Waals surface area contributed by atoms with E-state index in [-0.39, 0.29) is 17.7 Å². The quantitative estimate of drug-likeness (QED) is 0.780. The minimum absolute atomic E-state index is 0.0143. The number of rotatable bonds is 5. The zero-order chi connectivity index (χ0) is 15.1. The molecule has 4 nitrogen and oxygen atoms in total. The van der Waals surface area contributed by atoms with Crippen LogP contribution in [0.25, 0.3) is 0 Å². The van der Waals surface area contributed by atoms with Crippen molar-refractivity contribution in [1.29, 1.82) is 0 Å². The molecule has 1 aromatic carbocycles. The first kappa shape index (κ1) is 14.5. The molecule has 1 heterocycles. The number of likely N-dealkylation sites (tertiary alicyclic amines) is 1. The number of carbonyl (C=O) groups is 1. The normalized spacial score (nSPS) is 24.3. The van der Waals surface area contributed by atoms with Gasteiger partial charge in [0.2, 0.25) is 5.91 Å². The monoisotopic (exact) mass is 311 g/mol. The fraction of sp³-hybridized carbons (Fsp3) is 0.533. The summed E-state index contributed by atoms with van der Waals surface area (Å²) in [6.07, 6.45) is 2.20. The molecule has 1 aliphatic heterocycles. The first-order valence-corrected chi connectivity index (χ1v) is 8.69. The van der Waals surface area contributed by atoms with Gasteiger partial charge in [-0.3, -0.25) is 4.79 Å². The van der Waals surface area contributed by atoms with Crippen molar-refractivity contribution in [3.63, 3.8) is 0 Å². The van der Waals surface area contributed by atoms with Crippen LogP contribution in [-0.4, -0.2) is 38.1 Å². The van der Waals surface area contributed by atoms with E-state index in [0.717, 1.165) is 12.8 Å². The number of amides is 1. The molecule has 0 N–H and O–H groups in total. The van der Waals surface area contributed by atoms with Crippen molar-refractivity contribution in [3.8, 4) is 0 Å². The Balaban J connectivity index is 1.68. The number of benzene rings is 1. The highest BCUT2D eigenvalue weighted by Gasteiger charge is 2.47. The summed E-state index contributed by atoms with van der Waals surface area (Å²) in [6, 6.07) is 10.1. The van der Waals surface area contributed by atoms with E-state index in [1.54, 1.807) is 4.90 Å². The van der Waals surface area contributed by atoms with Crippen LogP contribution in [0.15, 0.2) is 30.3 Å². The van der Waals surface area contributed by atoms with Gasteiger partial charge in [0.15, 0.2) is 0 Å². The van der Waals surface area contributed by atoms with E-state index in [0.29, 0.717) is 13.1 Å². The molecule has 0 spiro atoms. The Morgan fingerprint density at radius 1 is 1.24 bits per heavy atom. The molecular weight excluding hydrogens is 293 g/mol. The molecule has 1 amide bonds. The van der Waals surface area contributed by atoms with Crippen LogP contribution in [0, 0.1) is 5.92 Å². The van der Waals surface area contributed by atoms with Crippen LogP contribution in [0.4, 0.5) is 3.89 Å². The first-order chi connectivity index (χ1) is 9.88. The standard InChI is InChI=1S/C15H18FNO3S/c16-21(19,20)10-12-8-14(18)17(9-12)11-15(6-7-15)13-4-2-1-3-5-13/h1-5,12H,6-11H2. The molecule has 21 heavy (non-hydrogen) atoms. The minimum atomic E-state index is -4.51. The number of carbonyl (C=O) groups excluding carboxylic acids is 1. The molecule has 1 atom stereocenters. The molecule has 0 aromatic heterocycles. The van der Waals surface area contributed by atoms with E-state index in [4.69, 9.17) is 0 Å². The van der Waals surface area contributed by atoms with E-state index in [1.165, 1.54) is 5.56 Å². The van der Waals surface area contributed by atoms with Crippen LogP contribution in [0.3, 0.4) is 0 Å². The molecule has 1 aliphatic carbocycles. The lowest BCUT2D eigenvalue weighted by molar-refractivity contribution is -0.128. The summed E-state index contributed by atoms with van der Waals surface area (Å²) < 4.78 is 34.2. The maximum Gasteiger partial charge on any atom is 0.302 e. The Labute approximate surface area is 124 Å². The Kier molecular flexibility index (Phi) is 3.51. The van der Waals surface area contributed by atoms with Gasteiger partial charge in [0.1, 0.15) is 0 Å². The summed E-state index contributed by atoms with van der Waals surface area (Å²) in [5.41, 5.74) is 1.24. The van der Waals surface area contributed by atoms with Crippen LogP contribution in [0.5, 0.6) is 0 Å². The second kappa shape index (κ2) is 5.09. The topological polar surface area (TPSA) is 54.5 Å². The van der Waals surface area contributed by atoms with Crippen LogP contribution in [-0.2, 0) is 20.4 Å². The Morgan fingerprint density at radius 3 is 2.48 bits per heavy atom. The highest BCUT2D eigenvalue weighted by molar-refractivity contribution is 7.86. The summed E-state index contributed by atoms with van der Waals surface area (Å²) in [5, 5.41) is 0. The molecule has 6 heteroatoms. The van der Waals surface area contributed by atoms with Crippen molar-refractivity contribution in [2.45, 2.75) is 24.7 Å². The van der Waals surface area contributed by atoms with Crippen molar-refractivity contribution in [2.75, 3.05) is 18.8 Å². The van der Waals surface area contributed by atoms with Crippen LogP contribution < -0.4 is 0 Å². The maximum atomic E-state index is 12.8. The molecule has 1 saturated heterocycles. The lowest BCUT2D eigenvalue weighted by atomic mass is 9.95. The SMILES string of the molecule is O=C1CC(CS(=O)(=O)F)CN1CC1(c2ccccc2)CC1. The molecular formula is C15H18FNO3S. The molecule has 1 aromatic rings. The third-order valence-electron chi connectivity index (χ3n) is 4.46. The lowest BCUT2D eigenvalue weighted by Crippen LogP contribution is -2.34. The predicted octanol–water partition coefficient (Wildman–Crippen LogP) is 1.87. The van der Waals surface area contributed by atoms with Gasteiger partial charge in [-0.1, -0.05) is 30.3 Å². The number of halogens is 1. The third-order valence-corrected chi connectivity index (χ3v) is 5.33. The summed E-state index contributed by atoms with van der Waals surface area (Å²) >= 11 is 0. The summed E-state index contributed by atoms with van der Waals surface area (Å²) in [4.78, 5) is 13.7. The van der Waals surface area contributed by atoms with Gasteiger partial charge in [0.25, 0.3) is 0 Å². The molecule has 0 bridgehead atoms. The predicted molar refractivity (Wildman–Crippen MR) is 76.9 cm³/mol. The Hall–Kier alpha value is -1.43. The first-order valence-electron chi connectivity index (χ1n) is 7.14. The van der Waals surface area contributed by atoms with E-state index in [1.807, 2.05) is 18.2 Å². The zero-order valence-corrected chi connectivity index (χ0v) is 12.5. The lowest BCUT2D eigenvalue weighted by Gasteiger charge is -2.24.